The summed E-state index contributed by atoms with van der Waals surface area (Å²) >= 11 is 0. The average Bonchev–Trinajstić information content (AvgIpc) is 2.78. The predicted molar refractivity (Wildman–Crippen MR) is 126 cm³/mol. The van der Waals surface area contributed by atoms with Crippen LogP contribution in [0, 0.1) is 17.8 Å². The largest absolute Gasteiger partial charge is 0.289 e. The van der Waals surface area contributed by atoms with Gasteiger partial charge in [0.05, 0.1) is 23.8 Å². The normalized spacial score (nSPS) is 13.5. The number of hydroxylamine groups is 1. The number of hydrogen-bond donors (Lipinski definition) is 3. The second-order valence-corrected chi connectivity index (χ2v) is 9.91. The lowest BCUT2D eigenvalue weighted by molar-refractivity contribution is -0.140. The number of allylic oxidation sites excluding steroid dienone is 1. The Morgan fingerprint density at radius 3 is 2.33 bits per heavy atom. The smallest absolute Gasteiger partial charge is 0.249 e. The average molecular weight is 475 g/mol. The molecule has 0 aliphatic carbocycles. The van der Waals surface area contributed by atoms with Crippen LogP contribution < -0.4 is 15.3 Å². The molecule has 178 valence electrons. The number of rotatable bonds is 11. The zero-order chi connectivity index (χ0) is 24.4. The summed E-state index contributed by atoms with van der Waals surface area (Å²) in [6, 6.07) is 11.7. The van der Waals surface area contributed by atoms with E-state index < -0.39 is 33.7 Å². The molecule has 2 rings (SSSR count). The lowest BCUT2D eigenvalue weighted by Crippen LogP contribution is -2.51. The minimum absolute atomic E-state index is 0.0282. The Hall–Kier alpha value is -3.24. The summed E-state index contributed by atoms with van der Waals surface area (Å²) in [7, 11) is -3.85. The van der Waals surface area contributed by atoms with E-state index in [-0.39, 0.29) is 18.0 Å². The van der Waals surface area contributed by atoms with Gasteiger partial charge >= 0.3 is 0 Å². The quantitative estimate of drug-likeness (QED) is 0.339. The van der Waals surface area contributed by atoms with E-state index in [1.807, 2.05) is 19.9 Å². The van der Waals surface area contributed by atoms with Gasteiger partial charge in [0, 0.05) is 12.4 Å². The van der Waals surface area contributed by atoms with Gasteiger partial charge in [0.2, 0.25) is 21.8 Å². The van der Waals surface area contributed by atoms with Crippen LogP contribution in [-0.2, 0) is 19.6 Å². The van der Waals surface area contributed by atoms with Gasteiger partial charge in [0.25, 0.3) is 0 Å². The van der Waals surface area contributed by atoms with E-state index in [9.17, 15) is 23.2 Å². The molecule has 9 nitrogen and oxygen atoms in total. The molecule has 1 aromatic carbocycles. The maximum Gasteiger partial charge on any atom is 0.249 e. The van der Waals surface area contributed by atoms with E-state index in [1.54, 1.807) is 66.4 Å². The summed E-state index contributed by atoms with van der Waals surface area (Å²) < 4.78 is 25.5. The van der Waals surface area contributed by atoms with Crippen molar-refractivity contribution in [1.82, 2.24) is 15.9 Å². The van der Waals surface area contributed by atoms with Crippen LogP contribution in [0.2, 0.25) is 0 Å². The van der Waals surface area contributed by atoms with Crippen LogP contribution >= 0.6 is 0 Å². The van der Waals surface area contributed by atoms with Crippen molar-refractivity contribution in [1.29, 1.82) is 0 Å². The summed E-state index contributed by atoms with van der Waals surface area (Å²) in [5.74, 6) is -3.16. The van der Waals surface area contributed by atoms with E-state index in [0.29, 0.717) is 6.42 Å². The van der Waals surface area contributed by atoms with E-state index in [0.717, 1.165) is 16.2 Å². The Bertz CT molecular complexity index is 1040. The second kappa shape index (κ2) is 12.1. The summed E-state index contributed by atoms with van der Waals surface area (Å²) in [6.45, 7) is 3.79. The molecule has 3 N–H and O–H groups in total. The first-order valence-corrected chi connectivity index (χ1v) is 12.3. The molecular formula is C23H30N4O5S. The van der Waals surface area contributed by atoms with Crippen LogP contribution in [0.4, 0.5) is 5.69 Å². The van der Waals surface area contributed by atoms with Crippen molar-refractivity contribution in [2.45, 2.75) is 26.7 Å². The molecule has 1 heterocycles. The number of hydrogen-bond acceptors (Lipinski definition) is 6. The second-order valence-electron chi connectivity index (χ2n) is 8.08. The highest BCUT2D eigenvalue weighted by atomic mass is 32.2. The Balaban J connectivity index is 2.33. The minimum atomic E-state index is -3.85. The maximum absolute atomic E-state index is 13.3. The number of carbonyl (C=O) groups excluding carboxylic acids is 2. The van der Waals surface area contributed by atoms with E-state index >= 15 is 0 Å². The molecule has 1 aromatic heterocycles. The lowest BCUT2D eigenvalue weighted by Gasteiger charge is -2.29. The van der Waals surface area contributed by atoms with Gasteiger partial charge in [-0.05, 0) is 42.5 Å². The number of amides is 2. The fourth-order valence-corrected chi connectivity index (χ4v) is 4.17. The molecule has 10 heteroatoms. The SMILES string of the molecule is CC(C)C[C@@H](C(=O)NN(c1ccccc1)S(C)(=O)=O)C(CC=Cc1cccnc1)C(=O)NO. The molecule has 0 fully saturated rings. The topological polar surface area (TPSA) is 129 Å². The molecule has 0 radical (unpaired) electrons. The third-order valence-corrected chi connectivity index (χ3v) is 5.88. The fourth-order valence-electron chi connectivity index (χ4n) is 3.41. The van der Waals surface area contributed by atoms with Gasteiger partial charge in [-0.15, -0.1) is 0 Å². The third-order valence-electron chi connectivity index (χ3n) is 4.91. The first kappa shape index (κ1) is 26.0. The Morgan fingerprint density at radius 1 is 1.09 bits per heavy atom. The van der Waals surface area contributed by atoms with Crippen molar-refractivity contribution in [2.75, 3.05) is 10.7 Å². The number of nitrogens with zero attached hydrogens (tertiary/aromatic N) is 2. The van der Waals surface area contributed by atoms with Gasteiger partial charge in [-0.3, -0.25) is 25.2 Å². The number of sulfonamides is 1. The highest BCUT2D eigenvalue weighted by Crippen LogP contribution is 2.26. The molecule has 0 spiro atoms. The number of aromatic nitrogens is 1. The highest BCUT2D eigenvalue weighted by Gasteiger charge is 2.35. The van der Waals surface area contributed by atoms with Crippen molar-refractivity contribution in [3.8, 4) is 0 Å². The summed E-state index contributed by atoms with van der Waals surface area (Å²) in [4.78, 5) is 29.8. The first-order chi connectivity index (χ1) is 15.6. The zero-order valence-corrected chi connectivity index (χ0v) is 19.7. The monoisotopic (exact) mass is 474 g/mol. The molecule has 2 amide bonds. The van der Waals surface area contributed by atoms with Gasteiger partial charge in [-0.25, -0.2) is 13.9 Å². The zero-order valence-electron chi connectivity index (χ0n) is 18.9. The maximum atomic E-state index is 13.3. The van der Waals surface area contributed by atoms with Crippen molar-refractivity contribution < 1.29 is 23.2 Å². The van der Waals surface area contributed by atoms with E-state index in [2.05, 4.69) is 10.4 Å². The molecule has 0 aliphatic rings. The van der Waals surface area contributed by atoms with Crippen molar-refractivity contribution >= 4 is 33.6 Å². The summed E-state index contributed by atoms with van der Waals surface area (Å²) in [5.41, 5.74) is 5.18. The number of benzene rings is 1. The number of hydrazine groups is 1. The van der Waals surface area contributed by atoms with Crippen molar-refractivity contribution in [2.24, 2.45) is 17.8 Å². The standard InChI is InChI=1S/C23H30N4O5S/c1-17(2)15-21(20(23(29)26-30)13-7-9-18-10-8-14-24-16-18)22(28)25-27(33(3,31)32)19-11-5-4-6-12-19/h4-12,14,16-17,20-21,30H,13,15H2,1-3H3,(H,25,28)(H,26,29)/t20?,21-/m1/s1. The van der Waals surface area contributed by atoms with Crippen LogP contribution in [-0.4, -0.2) is 36.7 Å². The van der Waals surface area contributed by atoms with Gasteiger partial charge in [-0.1, -0.05) is 50.3 Å². The number of carbonyl (C=O) groups is 2. The van der Waals surface area contributed by atoms with E-state index in [1.165, 1.54) is 0 Å². The van der Waals surface area contributed by atoms with Crippen LogP contribution in [0.3, 0.4) is 0 Å². The van der Waals surface area contributed by atoms with Crippen LogP contribution in [0.25, 0.3) is 6.08 Å². The van der Waals surface area contributed by atoms with Crippen molar-refractivity contribution in [3.63, 3.8) is 0 Å². The van der Waals surface area contributed by atoms with Gasteiger partial charge in [-0.2, -0.15) is 4.41 Å². The number of pyridine rings is 1. The number of anilines is 1. The minimum Gasteiger partial charge on any atom is -0.289 e. The molecule has 2 atom stereocenters. The van der Waals surface area contributed by atoms with Crippen molar-refractivity contribution in [3.05, 3.63) is 66.5 Å². The van der Waals surface area contributed by atoms with Crippen LogP contribution in [0.1, 0.15) is 32.3 Å². The van der Waals surface area contributed by atoms with Gasteiger partial charge < -0.3 is 0 Å². The van der Waals surface area contributed by atoms with Gasteiger partial charge in [0.15, 0.2) is 0 Å². The van der Waals surface area contributed by atoms with Crippen LogP contribution in [0.15, 0.2) is 60.9 Å². The Morgan fingerprint density at radius 2 is 1.79 bits per heavy atom. The third kappa shape index (κ3) is 7.99. The molecule has 2 aromatic rings. The molecule has 0 saturated heterocycles. The number of para-hydroxylation sites is 1. The lowest BCUT2D eigenvalue weighted by atomic mass is 9.82. The Labute approximate surface area is 194 Å². The Kier molecular flexibility index (Phi) is 9.56. The van der Waals surface area contributed by atoms with Crippen LogP contribution in [0.5, 0.6) is 0 Å². The molecule has 33 heavy (non-hydrogen) atoms. The highest BCUT2D eigenvalue weighted by molar-refractivity contribution is 7.92. The summed E-state index contributed by atoms with van der Waals surface area (Å²) in [5, 5.41) is 9.30. The fraction of sp³-hybridized carbons (Fsp3) is 0.348. The van der Waals surface area contributed by atoms with Gasteiger partial charge in [0.1, 0.15) is 0 Å². The first-order valence-electron chi connectivity index (χ1n) is 10.5. The predicted octanol–water partition coefficient (Wildman–Crippen LogP) is 2.77. The molecule has 0 bridgehead atoms. The summed E-state index contributed by atoms with van der Waals surface area (Å²) in [6.07, 6.45) is 8.22. The number of nitrogens with one attached hydrogen (secondary N) is 2. The molecule has 0 aliphatic heterocycles. The van der Waals surface area contributed by atoms with E-state index in [4.69, 9.17) is 0 Å². The molecular weight excluding hydrogens is 444 g/mol. The molecule has 0 saturated carbocycles. The molecule has 1 unspecified atom stereocenters.